The first-order chi connectivity index (χ1) is 37.3. The van der Waals surface area contributed by atoms with Crippen LogP contribution in [-0.2, 0) is 5.41 Å². The number of nitrogens with zero attached hydrogens (tertiary/aromatic N) is 2. The summed E-state index contributed by atoms with van der Waals surface area (Å²) in [6.45, 7) is 0. The van der Waals surface area contributed by atoms with Gasteiger partial charge < -0.3 is 9.47 Å². The van der Waals surface area contributed by atoms with Gasteiger partial charge in [-0.1, -0.05) is 249 Å². The van der Waals surface area contributed by atoms with Crippen LogP contribution in [0.4, 0.5) is 17.1 Å². The molecule has 75 heavy (non-hydrogen) atoms. The van der Waals surface area contributed by atoms with Crippen molar-refractivity contribution >= 4 is 38.9 Å². The zero-order valence-electron chi connectivity index (χ0n) is 41.3. The summed E-state index contributed by atoms with van der Waals surface area (Å²) in [7, 11) is 0. The average molecular weight is 955 g/mol. The van der Waals surface area contributed by atoms with Crippen LogP contribution in [0.15, 0.2) is 303 Å². The quantitative estimate of drug-likeness (QED) is 0.133. The van der Waals surface area contributed by atoms with E-state index in [-0.39, 0.29) is 0 Å². The molecule has 1 aliphatic rings. The van der Waals surface area contributed by atoms with Gasteiger partial charge in [-0.3, -0.25) is 0 Å². The van der Waals surface area contributed by atoms with E-state index < -0.39 is 5.41 Å². The number of aromatic nitrogens is 1. The molecule has 0 fully saturated rings. The van der Waals surface area contributed by atoms with Gasteiger partial charge in [-0.15, -0.1) is 0 Å². The molecule has 0 bridgehead atoms. The van der Waals surface area contributed by atoms with Crippen LogP contribution in [-0.4, -0.2) is 4.57 Å². The Hall–Kier alpha value is -9.76. The van der Waals surface area contributed by atoms with Crippen molar-refractivity contribution in [3.8, 4) is 61.3 Å². The summed E-state index contributed by atoms with van der Waals surface area (Å²) in [5.41, 5.74) is 23.0. The Morgan fingerprint density at radius 3 is 1.47 bits per heavy atom. The zero-order valence-corrected chi connectivity index (χ0v) is 41.3. The van der Waals surface area contributed by atoms with E-state index in [1.165, 1.54) is 71.9 Å². The maximum atomic E-state index is 2.51. The first-order valence-corrected chi connectivity index (χ1v) is 25.9. The van der Waals surface area contributed by atoms with Gasteiger partial charge in [0.1, 0.15) is 0 Å². The molecule has 13 aromatic rings. The van der Waals surface area contributed by atoms with Crippen molar-refractivity contribution in [3.05, 3.63) is 326 Å². The second kappa shape index (κ2) is 18.4. The van der Waals surface area contributed by atoms with E-state index in [1.54, 1.807) is 0 Å². The van der Waals surface area contributed by atoms with E-state index in [9.17, 15) is 0 Å². The fourth-order valence-electron chi connectivity index (χ4n) is 12.3. The molecule has 352 valence electrons. The number of hydrogen-bond donors (Lipinski definition) is 0. The molecule has 0 saturated carbocycles. The molecule has 2 heteroatoms. The maximum absolute atomic E-state index is 2.51. The molecule has 0 radical (unpaired) electrons. The molecule has 0 saturated heterocycles. The van der Waals surface area contributed by atoms with Gasteiger partial charge >= 0.3 is 0 Å². The predicted molar refractivity (Wildman–Crippen MR) is 315 cm³/mol. The Kier molecular flexibility index (Phi) is 10.8. The van der Waals surface area contributed by atoms with Crippen molar-refractivity contribution in [1.29, 1.82) is 0 Å². The van der Waals surface area contributed by atoms with Gasteiger partial charge in [0.25, 0.3) is 0 Å². The number of fused-ring (bicyclic) bond motifs is 6. The third kappa shape index (κ3) is 7.17. The second-order valence-corrected chi connectivity index (χ2v) is 19.5. The molecule has 0 atom stereocenters. The Morgan fingerprint density at radius 1 is 0.293 bits per heavy atom. The van der Waals surface area contributed by atoms with E-state index in [0.717, 1.165) is 50.6 Å². The zero-order chi connectivity index (χ0) is 49.7. The van der Waals surface area contributed by atoms with Crippen LogP contribution in [0.2, 0.25) is 0 Å². The lowest BCUT2D eigenvalue weighted by atomic mass is 9.67. The number of benzene rings is 12. The van der Waals surface area contributed by atoms with E-state index >= 15 is 0 Å². The Balaban J connectivity index is 1.04. The van der Waals surface area contributed by atoms with Crippen LogP contribution in [0.5, 0.6) is 0 Å². The molecule has 1 aromatic heterocycles. The summed E-state index contributed by atoms with van der Waals surface area (Å²) < 4.78 is 2.40. The highest BCUT2D eigenvalue weighted by Gasteiger charge is 2.46. The first-order valence-electron chi connectivity index (χ1n) is 25.9. The average Bonchev–Trinajstić information content (AvgIpc) is 4.07. The van der Waals surface area contributed by atoms with Crippen molar-refractivity contribution < 1.29 is 0 Å². The first kappa shape index (κ1) is 44.0. The molecule has 1 aliphatic carbocycles. The van der Waals surface area contributed by atoms with Crippen molar-refractivity contribution in [2.24, 2.45) is 0 Å². The number of hydrogen-bond acceptors (Lipinski definition) is 1. The van der Waals surface area contributed by atoms with Crippen molar-refractivity contribution in [1.82, 2.24) is 4.57 Å². The number of anilines is 3. The van der Waals surface area contributed by atoms with Gasteiger partial charge in [-0.2, -0.15) is 0 Å². The van der Waals surface area contributed by atoms with Gasteiger partial charge in [-0.25, -0.2) is 0 Å². The van der Waals surface area contributed by atoms with Gasteiger partial charge in [-0.05, 0) is 127 Å². The summed E-state index contributed by atoms with van der Waals surface area (Å²) in [6.07, 6.45) is 0. The lowest BCUT2D eigenvalue weighted by Crippen LogP contribution is -2.28. The summed E-state index contributed by atoms with van der Waals surface area (Å²) in [4.78, 5) is 2.51. The second-order valence-electron chi connectivity index (χ2n) is 19.5. The van der Waals surface area contributed by atoms with Crippen molar-refractivity contribution in [2.75, 3.05) is 4.90 Å². The fourth-order valence-corrected chi connectivity index (χ4v) is 12.3. The third-order valence-corrected chi connectivity index (χ3v) is 15.5. The highest BCUT2D eigenvalue weighted by Crippen LogP contribution is 2.58. The Bertz CT molecular complexity index is 4160. The van der Waals surface area contributed by atoms with E-state index in [0.29, 0.717) is 0 Å². The van der Waals surface area contributed by atoms with Crippen LogP contribution in [0.1, 0.15) is 22.3 Å². The highest BCUT2D eigenvalue weighted by molar-refractivity contribution is 6.16. The van der Waals surface area contributed by atoms with Crippen LogP contribution in [0.3, 0.4) is 0 Å². The standard InChI is InChI=1S/C73H50N2/c1-6-24-51(25-7-1)59-34-16-17-36-64(59)71-60(52-26-8-2-9-27-52)38-22-42-69(71)74(57-46-44-53(45-47-57)61-39-23-43-70-72(61)65-37-19-21-41-68(65)75(70)56-32-14-5-15-33-56)58-48-49-63-62-35-18-20-40-66(62)73(67(63)50-58,54-28-10-3-11-29-54)55-30-12-4-13-31-55/h1-50H. The molecule has 2 nitrogen and oxygen atoms in total. The van der Waals surface area contributed by atoms with Crippen LogP contribution in [0, 0.1) is 0 Å². The van der Waals surface area contributed by atoms with Crippen molar-refractivity contribution in [2.45, 2.75) is 5.41 Å². The fraction of sp³-hybridized carbons (Fsp3) is 0.0137. The lowest BCUT2D eigenvalue weighted by molar-refractivity contribution is 0.768. The minimum absolute atomic E-state index is 0.577. The summed E-state index contributed by atoms with van der Waals surface area (Å²) in [5, 5.41) is 2.48. The maximum Gasteiger partial charge on any atom is 0.0714 e. The smallest absolute Gasteiger partial charge is 0.0714 e. The molecular weight excluding hydrogens is 905 g/mol. The number of rotatable bonds is 10. The summed E-state index contributed by atoms with van der Waals surface area (Å²) >= 11 is 0. The van der Waals surface area contributed by atoms with Crippen LogP contribution >= 0.6 is 0 Å². The molecular formula is C73H50N2. The summed E-state index contributed by atoms with van der Waals surface area (Å²) in [6, 6.07) is 111. The van der Waals surface area contributed by atoms with Gasteiger partial charge in [0, 0.05) is 33.4 Å². The minimum Gasteiger partial charge on any atom is -0.310 e. The van der Waals surface area contributed by atoms with E-state index in [4.69, 9.17) is 0 Å². The van der Waals surface area contributed by atoms with Crippen LogP contribution in [0.25, 0.3) is 83.1 Å². The monoisotopic (exact) mass is 954 g/mol. The number of para-hydroxylation sites is 2. The Labute approximate surface area is 438 Å². The summed E-state index contributed by atoms with van der Waals surface area (Å²) in [5.74, 6) is 0. The van der Waals surface area contributed by atoms with Crippen molar-refractivity contribution in [3.63, 3.8) is 0 Å². The normalized spacial score (nSPS) is 12.4. The molecule has 0 N–H and O–H groups in total. The molecule has 14 rings (SSSR count). The molecule has 0 aliphatic heterocycles. The van der Waals surface area contributed by atoms with E-state index in [1.807, 2.05) is 0 Å². The largest absolute Gasteiger partial charge is 0.310 e. The SMILES string of the molecule is c1ccc(-c2ccccc2-c2c(-c3ccccc3)cccc2N(c2ccc(-c3cccc4c3c3ccccc3n4-c3ccccc3)cc2)c2ccc3c(c2)C(c2ccccc2)(c2ccccc2)c2ccccc2-3)cc1. The van der Waals surface area contributed by atoms with Gasteiger partial charge in [0.15, 0.2) is 0 Å². The third-order valence-electron chi connectivity index (χ3n) is 15.5. The lowest BCUT2D eigenvalue weighted by Gasteiger charge is -2.35. The molecule has 0 unspecified atom stereocenters. The van der Waals surface area contributed by atoms with Crippen LogP contribution < -0.4 is 4.90 Å². The molecule has 1 heterocycles. The topological polar surface area (TPSA) is 8.17 Å². The highest BCUT2D eigenvalue weighted by atomic mass is 15.1. The molecule has 0 spiro atoms. The minimum atomic E-state index is -0.577. The van der Waals surface area contributed by atoms with E-state index in [2.05, 4.69) is 313 Å². The Morgan fingerprint density at radius 2 is 0.773 bits per heavy atom. The molecule has 12 aromatic carbocycles. The molecule has 0 amide bonds. The predicted octanol–water partition coefficient (Wildman–Crippen LogP) is 19.3. The van der Waals surface area contributed by atoms with Gasteiger partial charge in [0.05, 0.1) is 22.1 Å². The van der Waals surface area contributed by atoms with Gasteiger partial charge in [0.2, 0.25) is 0 Å².